The molecule has 0 heterocycles. The van der Waals surface area contributed by atoms with Crippen molar-refractivity contribution in [1.82, 2.24) is 5.32 Å². The van der Waals surface area contributed by atoms with Crippen LogP contribution in [-0.4, -0.2) is 13.1 Å². The average molecular weight is 261 g/mol. The van der Waals surface area contributed by atoms with Crippen molar-refractivity contribution < 1.29 is 0 Å². The summed E-state index contributed by atoms with van der Waals surface area (Å²) in [6.45, 7) is 13.6. The molecular weight excluding hydrogens is 230 g/mol. The molecule has 0 aliphatic heterocycles. The largest absolute Gasteiger partial charge is 0.316 e. The smallest absolute Gasteiger partial charge is 0.00227 e. The van der Waals surface area contributed by atoms with Crippen molar-refractivity contribution >= 4 is 0 Å². The van der Waals surface area contributed by atoms with E-state index in [-0.39, 0.29) is 0 Å². The quantitative estimate of drug-likeness (QED) is 0.661. The highest BCUT2D eigenvalue weighted by molar-refractivity contribution is 5.31. The summed E-state index contributed by atoms with van der Waals surface area (Å²) in [5.41, 5.74) is 4.29. The Balaban J connectivity index is 2.86. The van der Waals surface area contributed by atoms with Crippen LogP contribution >= 0.6 is 0 Å². The average Bonchev–Trinajstić information content (AvgIpc) is 2.33. The number of rotatable bonds is 8. The first-order valence-corrected chi connectivity index (χ1v) is 7.87. The molecule has 0 aliphatic carbocycles. The number of nitrogens with one attached hydrogen (secondary N) is 1. The van der Waals surface area contributed by atoms with Crippen molar-refractivity contribution in [3.8, 4) is 0 Å². The molecule has 0 aromatic heterocycles. The van der Waals surface area contributed by atoms with Gasteiger partial charge in [0.1, 0.15) is 0 Å². The molecule has 1 nitrogen and oxygen atoms in total. The Kier molecular flexibility index (Phi) is 7.15. The molecule has 0 saturated carbocycles. The Morgan fingerprint density at radius 2 is 1.63 bits per heavy atom. The predicted molar refractivity (Wildman–Crippen MR) is 85.9 cm³/mol. The van der Waals surface area contributed by atoms with E-state index in [0.717, 1.165) is 19.0 Å². The second kappa shape index (κ2) is 8.37. The van der Waals surface area contributed by atoms with Crippen LogP contribution < -0.4 is 5.32 Å². The second-order valence-corrected chi connectivity index (χ2v) is 6.00. The van der Waals surface area contributed by atoms with Gasteiger partial charge in [-0.1, -0.05) is 62.9 Å². The number of hydrogen-bond acceptors (Lipinski definition) is 1. The zero-order chi connectivity index (χ0) is 14.3. The first kappa shape index (κ1) is 16.2. The lowest BCUT2D eigenvalue weighted by Gasteiger charge is -2.25. The van der Waals surface area contributed by atoms with E-state index < -0.39 is 0 Å². The molecule has 0 radical (unpaired) electrons. The molecule has 0 bridgehead atoms. The van der Waals surface area contributed by atoms with Crippen LogP contribution in [0, 0.1) is 19.8 Å². The second-order valence-electron chi connectivity index (χ2n) is 6.00. The summed E-state index contributed by atoms with van der Waals surface area (Å²) in [5.74, 6) is 1.39. The maximum Gasteiger partial charge on any atom is 0.00227 e. The minimum absolute atomic E-state index is 0.644. The molecule has 1 aromatic rings. The molecule has 0 saturated heterocycles. The van der Waals surface area contributed by atoms with Crippen LogP contribution in [-0.2, 0) is 0 Å². The van der Waals surface area contributed by atoms with Gasteiger partial charge in [0.2, 0.25) is 0 Å². The Labute approximate surface area is 119 Å². The zero-order valence-electron chi connectivity index (χ0n) is 13.4. The first-order valence-electron chi connectivity index (χ1n) is 7.87. The monoisotopic (exact) mass is 261 g/mol. The summed E-state index contributed by atoms with van der Waals surface area (Å²) in [4.78, 5) is 0. The standard InChI is InChI=1S/C18H31N/c1-6-8-16(5)18(13-19-9-7-2)17-11-14(3)10-15(4)12-17/h10-12,16,18-19H,6-9,13H2,1-5H3. The Bertz CT molecular complexity index is 350. The van der Waals surface area contributed by atoms with Crippen LogP contribution in [0.15, 0.2) is 18.2 Å². The van der Waals surface area contributed by atoms with E-state index in [1.807, 2.05) is 0 Å². The van der Waals surface area contributed by atoms with Crippen LogP contribution in [0.4, 0.5) is 0 Å². The van der Waals surface area contributed by atoms with Gasteiger partial charge in [0.15, 0.2) is 0 Å². The summed E-state index contributed by atoms with van der Waals surface area (Å²) in [7, 11) is 0. The molecule has 0 spiro atoms. The van der Waals surface area contributed by atoms with E-state index in [4.69, 9.17) is 0 Å². The fourth-order valence-electron chi connectivity index (χ4n) is 2.96. The Morgan fingerprint density at radius 1 is 1.00 bits per heavy atom. The van der Waals surface area contributed by atoms with Gasteiger partial charge in [0, 0.05) is 6.54 Å². The van der Waals surface area contributed by atoms with Crippen LogP contribution in [0.25, 0.3) is 0 Å². The van der Waals surface area contributed by atoms with E-state index >= 15 is 0 Å². The summed E-state index contributed by atoms with van der Waals surface area (Å²) < 4.78 is 0. The minimum Gasteiger partial charge on any atom is -0.316 e. The van der Waals surface area contributed by atoms with Gasteiger partial charge in [-0.15, -0.1) is 0 Å². The van der Waals surface area contributed by atoms with E-state index in [2.05, 4.69) is 58.1 Å². The molecule has 1 N–H and O–H groups in total. The molecule has 2 unspecified atom stereocenters. The summed E-state index contributed by atoms with van der Waals surface area (Å²) >= 11 is 0. The molecule has 1 aromatic carbocycles. The minimum atomic E-state index is 0.644. The predicted octanol–water partition coefficient (Wildman–Crippen LogP) is 4.82. The Hall–Kier alpha value is -0.820. The van der Waals surface area contributed by atoms with Crippen molar-refractivity contribution in [3.05, 3.63) is 34.9 Å². The maximum absolute atomic E-state index is 3.61. The molecule has 0 amide bonds. The first-order chi connectivity index (χ1) is 9.08. The van der Waals surface area contributed by atoms with Gasteiger partial charge >= 0.3 is 0 Å². The van der Waals surface area contributed by atoms with E-state index in [0.29, 0.717) is 5.92 Å². The third-order valence-corrected chi connectivity index (χ3v) is 3.89. The van der Waals surface area contributed by atoms with Crippen LogP contribution in [0.5, 0.6) is 0 Å². The van der Waals surface area contributed by atoms with Gasteiger partial charge in [-0.3, -0.25) is 0 Å². The molecule has 1 heteroatoms. The van der Waals surface area contributed by atoms with Crippen LogP contribution in [0.1, 0.15) is 62.6 Å². The number of aryl methyl sites for hydroxylation is 2. The van der Waals surface area contributed by atoms with Crippen LogP contribution in [0.3, 0.4) is 0 Å². The summed E-state index contributed by atoms with van der Waals surface area (Å²) in [6.07, 6.45) is 3.80. The number of benzene rings is 1. The van der Waals surface area contributed by atoms with Gasteiger partial charge in [0.05, 0.1) is 0 Å². The van der Waals surface area contributed by atoms with Gasteiger partial charge in [-0.05, 0) is 44.2 Å². The van der Waals surface area contributed by atoms with Crippen molar-refractivity contribution in [2.75, 3.05) is 13.1 Å². The maximum atomic E-state index is 3.61. The normalized spacial score (nSPS) is 14.4. The van der Waals surface area contributed by atoms with Crippen molar-refractivity contribution in [1.29, 1.82) is 0 Å². The summed E-state index contributed by atoms with van der Waals surface area (Å²) in [6, 6.07) is 7.01. The number of hydrogen-bond donors (Lipinski definition) is 1. The van der Waals surface area contributed by atoms with Crippen molar-refractivity contribution in [2.24, 2.45) is 5.92 Å². The fraction of sp³-hybridized carbons (Fsp3) is 0.667. The SMILES string of the molecule is CCCNCC(c1cc(C)cc(C)c1)C(C)CCC. The van der Waals surface area contributed by atoms with Crippen LogP contribution in [0.2, 0.25) is 0 Å². The summed E-state index contributed by atoms with van der Waals surface area (Å²) in [5, 5.41) is 3.61. The lowest BCUT2D eigenvalue weighted by atomic mass is 9.83. The lowest BCUT2D eigenvalue weighted by Crippen LogP contribution is -2.26. The molecule has 108 valence electrons. The highest BCUT2D eigenvalue weighted by Gasteiger charge is 2.18. The third kappa shape index (κ3) is 5.36. The molecule has 19 heavy (non-hydrogen) atoms. The molecule has 1 rings (SSSR count). The van der Waals surface area contributed by atoms with Gasteiger partial charge in [-0.25, -0.2) is 0 Å². The molecule has 0 fully saturated rings. The topological polar surface area (TPSA) is 12.0 Å². The van der Waals surface area contributed by atoms with E-state index in [1.54, 1.807) is 0 Å². The fourth-order valence-corrected chi connectivity index (χ4v) is 2.96. The zero-order valence-corrected chi connectivity index (χ0v) is 13.4. The Morgan fingerprint density at radius 3 is 2.16 bits per heavy atom. The highest BCUT2D eigenvalue weighted by Crippen LogP contribution is 2.28. The van der Waals surface area contributed by atoms with E-state index in [9.17, 15) is 0 Å². The highest BCUT2D eigenvalue weighted by atomic mass is 14.9. The third-order valence-electron chi connectivity index (χ3n) is 3.89. The van der Waals surface area contributed by atoms with E-state index in [1.165, 1.54) is 36.0 Å². The van der Waals surface area contributed by atoms with Gasteiger partial charge in [0.25, 0.3) is 0 Å². The molecule has 2 atom stereocenters. The lowest BCUT2D eigenvalue weighted by molar-refractivity contribution is 0.403. The van der Waals surface area contributed by atoms with Gasteiger partial charge in [-0.2, -0.15) is 0 Å². The van der Waals surface area contributed by atoms with Gasteiger partial charge < -0.3 is 5.32 Å². The van der Waals surface area contributed by atoms with Crippen molar-refractivity contribution in [3.63, 3.8) is 0 Å². The molecular formula is C18H31N. The molecule has 0 aliphatic rings. The van der Waals surface area contributed by atoms with Crippen molar-refractivity contribution in [2.45, 2.75) is 59.8 Å².